The van der Waals surface area contributed by atoms with Crippen molar-refractivity contribution in [1.29, 1.82) is 0 Å². The van der Waals surface area contributed by atoms with Crippen molar-refractivity contribution in [2.75, 3.05) is 14.2 Å². The van der Waals surface area contributed by atoms with Gasteiger partial charge in [-0.15, -0.1) is 0 Å². The van der Waals surface area contributed by atoms with Crippen LogP contribution in [-0.4, -0.2) is 34.9 Å². The van der Waals surface area contributed by atoms with Crippen LogP contribution in [-0.2, 0) is 7.05 Å². The Morgan fingerprint density at radius 3 is 2.59 bits per heavy atom. The molecule has 0 bridgehead atoms. The van der Waals surface area contributed by atoms with Crippen LogP contribution in [0.2, 0.25) is 0 Å². The van der Waals surface area contributed by atoms with Gasteiger partial charge in [0, 0.05) is 48.4 Å². The Bertz CT molecular complexity index is 952. The Balaban J connectivity index is 1.79. The van der Waals surface area contributed by atoms with E-state index < -0.39 is 0 Å². The van der Waals surface area contributed by atoms with Gasteiger partial charge in [0.05, 0.1) is 32.0 Å². The average molecular weight is 366 g/mol. The first kappa shape index (κ1) is 18.4. The lowest BCUT2D eigenvalue weighted by atomic mass is 10.1. The van der Waals surface area contributed by atoms with E-state index in [1.54, 1.807) is 49.6 Å². The SMILES string of the molecule is COc1ccc([C@@H](C)NC(=O)c2cncc(-c3cnn(C)c3)c2)c(OC)c1. The quantitative estimate of drug-likeness (QED) is 0.726. The highest BCUT2D eigenvalue weighted by molar-refractivity contribution is 5.95. The summed E-state index contributed by atoms with van der Waals surface area (Å²) in [4.78, 5) is 16.9. The van der Waals surface area contributed by atoms with Crippen molar-refractivity contribution >= 4 is 5.91 Å². The van der Waals surface area contributed by atoms with Gasteiger partial charge in [-0.25, -0.2) is 0 Å². The highest BCUT2D eigenvalue weighted by atomic mass is 16.5. The van der Waals surface area contributed by atoms with Gasteiger partial charge in [-0.3, -0.25) is 14.5 Å². The van der Waals surface area contributed by atoms with Crippen LogP contribution in [0.3, 0.4) is 0 Å². The molecule has 0 aliphatic carbocycles. The van der Waals surface area contributed by atoms with Crippen LogP contribution in [0.25, 0.3) is 11.1 Å². The molecule has 0 fully saturated rings. The smallest absolute Gasteiger partial charge is 0.253 e. The number of nitrogens with one attached hydrogen (secondary N) is 1. The molecule has 0 saturated carbocycles. The number of carbonyl (C=O) groups excluding carboxylic acids is 1. The molecule has 7 nitrogen and oxygen atoms in total. The minimum absolute atomic E-state index is 0.210. The molecule has 27 heavy (non-hydrogen) atoms. The molecular formula is C20H22N4O3. The lowest BCUT2D eigenvalue weighted by molar-refractivity contribution is 0.0939. The minimum Gasteiger partial charge on any atom is -0.497 e. The van der Waals surface area contributed by atoms with Crippen LogP contribution in [0.4, 0.5) is 0 Å². The lowest BCUT2D eigenvalue weighted by Crippen LogP contribution is -2.27. The van der Waals surface area contributed by atoms with Crippen LogP contribution in [0.5, 0.6) is 11.5 Å². The molecule has 2 heterocycles. The van der Waals surface area contributed by atoms with Crippen LogP contribution >= 0.6 is 0 Å². The molecule has 0 spiro atoms. The fraction of sp³-hybridized carbons (Fsp3) is 0.250. The molecule has 0 radical (unpaired) electrons. The van der Waals surface area contributed by atoms with E-state index in [0.717, 1.165) is 16.7 Å². The third kappa shape index (κ3) is 4.08. The van der Waals surface area contributed by atoms with Gasteiger partial charge >= 0.3 is 0 Å². The summed E-state index contributed by atoms with van der Waals surface area (Å²) in [5, 5.41) is 7.14. The third-order valence-electron chi connectivity index (χ3n) is 4.29. The van der Waals surface area contributed by atoms with Gasteiger partial charge in [0.15, 0.2) is 0 Å². The number of hydrogen-bond donors (Lipinski definition) is 1. The zero-order valence-corrected chi connectivity index (χ0v) is 15.8. The standard InChI is InChI=1S/C20H22N4O3/c1-13(18-6-5-17(26-3)8-19(18)27-4)23-20(25)15-7-14(9-21-10-15)16-11-22-24(2)12-16/h5-13H,1-4H3,(H,23,25)/t13-/m1/s1. The number of aryl methyl sites for hydroxylation is 1. The van der Waals surface area contributed by atoms with Crippen molar-refractivity contribution in [3.05, 3.63) is 60.2 Å². The Hall–Kier alpha value is -3.35. The number of rotatable bonds is 6. The number of carbonyl (C=O) groups is 1. The van der Waals surface area contributed by atoms with E-state index in [-0.39, 0.29) is 11.9 Å². The molecule has 140 valence electrons. The zero-order valence-electron chi connectivity index (χ0n) is 15.8. The molecule has 1 atom stereocenters. The van der Waals surface area contributed by atoms with Crippen molar-refractivity contribution in [2.45, 2.75) is 13.0 Å². The maximum Gasteiger partial charge on any atom is 0.253 e. The number of aromatic nitrogens is 3. The van der Waals surface area contributed by atoms with Crippen molar-refractivity contribution < 1.29 is 14.3 Å². The van der Waals surface area contributed by atoms with Crippen LogP contribution in [0.15, 0.2) is 49.1 Å². The Kier molecular flexibility index (Phi) is 5.40. The Morgan fingerprint density at radius 2 is 1.93 bits per heavy atom. The van der Waals surface area contributed by atoms with E-state index >= 15 is 0 Å². The van der Waals surface area contributed by atoms with E-state index in [2.05, 4.69) is 15.4 Å². The van der Waals surface area contributed by atoms with Gasteiger partial charge in [-0.2, -0.15) is 5.10 Å². The maximum atomic E-state index is 12.7. The molecule has 1 N–H and O–H groups in total. The van der Waals surface area contributed by atoms with Crippen LogP contribution < -0.4 is 14.8 Å². The number of ether oxygens (including phenoxy) is 2. The van der Waals surface area contributed by atoms with Gasteiger partial charge in [-0.1, -0.05) is 0 Å². The van der Waals surface area contributed by atoms with E-state index in [0.29, 0.717) is 17.1 Å². The second kappa shape index (κ2) is 7.90. The number of benzene rings is 1. The Morgan fingerprint density at radius 1 is 1.11 bits per heavy atom. The van der Waals surface area contributed by atoms with Crippen molar-refractivity contribution in [2.24, 2.45) is 7.05 Å². The fourth-order valence-electron chi connectivity index (χ4n) is 2.83. The number of nitrogens with zero attached hydrogens (tertiary/aromatic N) is 3. The number of pyridine rings is 1. The van der Waals surface area contributed by atoms with Crippen LogP contribution in [0.1, 0.15) is 28.9 Å². The zero-order chi connectivity index (χ0) is 19.4. The van der Waals surface area contributed by atoms with E-state index in [1.807, 2.05) is 32.3 Å². The van der Waals surface area contributed by atoms with Gasteiger partial charge < -0.3 is 14.8 Å². The monoisotopic (exact) mass is 366 g/mol. The van der Waals surface area contributed by atoms with Crippen LogP contribution in [0, 0.1) is 0 Å². The molecular weight excluding hydrogens is 344 g/mol. The summed E-state index contributed by atoms with van der Waals surface area (Å²) in [6.45, 7) is 1.90. The predicted octanol–water partition coefficient (Wildman–Crippen LogP) is 2.99. The van der Waals surface area contributed by atoms with Gasteiger partial charge in [0.25, 0.3) is 5.91 Å². The Labute approximate surface area is 158 Å². The molecule has 0 aliphatic heterocycles. The lowest BCUT2D eigenvalue weighted by Gasteiger charge is -2.18. The number of hydrogen-bond acceptors (Lipinski definition) is 5. The number of amides is 1. The van der Waals surface area contributed by atoms with Crippen molar-refractivity contribution in [3.63, 3.8) is 0 Å². The van der Waals surface area contributed by atoms with Crippen molar-refractivity contribution in [3.8, 4) is 22.6 Å². The normalized spacial score (nSPS) is 11.7. The summed E-state index contributed by atoms with van der Waals surface area (Å²) < 4.78 is 12.3. The average Bonchev–Trinajstić information content (AvgIpc) is 3.13. The first-order valence-corrected chi connectivity index (χ1v) is 8.48. The van der Waals surface area contributed by atoms with Gasteiger partial charge in [-0.05, 0) is 25.1 Å². The van der Waals surface area contributed by atoms with Crippen molar-refractivity contribution in [1.82, 2.24) is 20.1 Å². The maximum absolute atomic E-state index is 12.7. The van der Waals surface area contributed by atoms with E-state index in [4.69, 9.17) is 9.47 Å². The molecule has 7 heteroatoms. The predicted molar refractivity (Wildman–Crippen MR) is 102 cm³/mol. The second-order valence-corrected chi connectivity index (χ2v) is 6.17. The first-order chi connectivity index (χ1) is 13.0. The topological polar surface area (TPSA) is 78.3 Å². The highest BCUT2D eigenvalue weighted by Gasteiger charge is 2.17. The molecule has 1 amide bonds. The minimum atomic E-state index is -0.250. The highest BCUT2D eigenvalue weighted by Crippen LogP contribution is 2.29. The molecule has 0 aliphatic rings. The second-order valence-electron chi connectivity index (χ2n) is 6.17. The fourth-order valence-corrected chi connectivity index (χ4v) is 2.83. The van der Waals surface area contributed by atoms with E-state index in [9.17, 15) is 4.79 Å². The molecule has 3 rings (SSSR count). The third-order valence-corrected chi connectivity index (χ3v) is 4.29. The van der Waals surface area contributed by atoms with Gasteiger partial charge in [0.2, 0.25) is 0 Å². The largest absolute Gasteiger partial charge is 0.497 e. The first-order valence-electron chi connectivity index (χ1n) is 8.48. The van der Waals surface area contributed by atoms with Gasteiger partial charge in [0.1, 0.15) is 11.5 Å². The summed E-state index contributed by atoms with van der Waals surface area (Å²) in [7, 11) is 5.04. The van der Waals surface area contributed by atoms with E-state index in [1.165, 1.54) is 0 Å². The molecule has 1 aromatic carbocycles. The summed E-state index contributed by atoms with van der Waals surface area (Å²) in [5.74, 6) is 1.14. The summed E-state index contributed by atoms with van der Waals surface area (Å²) in [5.41, 5.74) is 3.09. The summed E-state index contributed by atoms with van der Waals surface area (Å²) in [6, 6.07) is 7.07. The number of methoxy groups -OCH3 is 2. The summed E-state index contributed by atoms with van der Waals surface area (Å²) in [6.07, 6.45) is 6.88. The molecule has 3 aromatic rings. The molecule has 0 saturated heterocycles. The molecule has 2 aromatic heterocycles. The summed E-state index contributed by atoms with van der Waals surface area (Å²) >= 11 is 0. The molecule has 0 unspecified atom stereocenters.